The predicted octanol–water partition coefficient (Wildman–Crippen LogP) is 1.31. The summed E-state index contributed by atoms with van der Waals surface area (Å²) in [5.41, 5.74) is 0.854. The van der Waals surface area contributed by atoms with E-state index in [0.29, 0.717) is 26.1 Å². The van der Waals surface area contributed by atoms with Crippen LogP contribution in [0.15, 0.2) is 12.4 Å². The minimum Gasteiger partial charge on any atom is -0.481 e. The molecule has 0 atom stereocenters. The van der Waals surface area contributed by atoms with Gasteiger partial charge in [0.1, 0.15) is 12.1 Å². The Morgan fingerprint density at radius 3 is 2.84 bits per heavy atom. The van der Waals surface area contributed by atoms with Gasteiger partial charge in [-0.2, -0.15) is 0 Å². The van der Waals surface area contributed by atoms with E-state index in [9.17, 15) is 4.79 Å². The Balaban J connectivity index is 1.97. The molecule has 1 N–H and O–H groups in total. The number of aliphatic carboxylic acids is 1. The number of hydrogen-bond donors (Lipinski definition) is 1. The first kappa shape index (κ1) is 13.7. The molecule has 0 unspecified atom stereocenters. The smallest absolute Gasteiger partial charge is 0.306 e. The summed E-state index contributed by atoms with van der Waals surface area (Å²) in [7, 11) is 0. The summed E-state index contributed by atoms with van der Waals surface area (Å²) in [5, 5.41) is 8.98. The number of ether oxygens (including phenoxy) is 1. The van der Waals surface area contributed by atoms with Crippen LogP contribution < -0.4 is 4.90 Å². The van der Waals surface area contributed by atoms with Crippen molar-refractivity contribution in [3.63, 3.8) is 0 Å². The van der Waals surface area contributed by atoms with E-state index in [1.807, 2.05) is 13.0 Å². The van der Waals surface area contributed by atoms with Gasteiger partial charge in [-0.25, -0.2) is 9.97 Å². The van der Waals surface area contributed by atoms with E-state index in [1.54, 1.807) is 0 Å². The number of carbonyl (C=O) groups is 1. The van der Waals surface area contributed by atoms with E-state index in [4.69, 9.17) is 9.84 Å². The van der Waals surface area contributed by atoms with E-state index < -0.39 is 5.97 Å². The molecule has 0 radical (unpaired) electrons. The van der Waals surface area contributed by atoms with E-state index in [0.717, 1.165) is 24.6 Å². The molecule has 2 heterocycles. The Morgan fingerprint density at radius 2 is 2.21 bits per heavy atom. The average Bonchev–Trinajstić information content (AvgIpc) is 2.45. The van der Waals surface area contributed by atoms with Crippen molar-refractivity contribution in [2.24, 2.45) is 5.92 Å². The van der Waals surface area contributed by atoms with E-state index >= 15 is 0 Å². The van der Waals surface area contributed by atoms with Crippen molar-refractivity contribution in [3.05, 3.63) is 18.1 Å². The summed E-state index contributed by atoms with van der Waals surface area (Å²) in [4.78, 5) is 21.4. The normalized spacial score (nSPS) is 16.6. The molecule has 104 valence electrons. The lowest BCUT2D eigenvalue weighted by atomic mass is 9.97. The largest absolute Gasteiger partial charge is 0.481 e. The molecule has 0 bridgehead atoms. The highest BCUT2D eigenvalue weighted by atomic mass is 16.5. The second kappa shape index (κ2) is 6.47. The van der Waals surface area contributed by atoms with Crippen molar-refractivity contribution < 1.29 is 14.6 Å². The first-order chi connectivity index (χ1) is 9.20. The van der Waals surface area contributed by atoms with Gasteiger partial charge in [-0.15, -0.1) is 0 Å². The number of rotatable bonds is 5. The molecule has 1 aromatic heterocycles. The van der Waals surface area contributed by atoms with Crippen LogP contribution in [0.5, 0.6) is 0 Å². The second-order valence-electron chi connectivity index (χ2n) is 4.60. The van der Waals surface area contributed by atoms with Gasteiger partial charge >= 0.3 is 5.97 Å². The molecule has 6 nitrogen and oxygen atoms in total. The number of carboxylic acid groups (broad SMARTS) is 1. The topological polar surface area (TPSA) is 75.5 Å². The highest BCUT2D eigenvalue weighted by Gasteiger charge is 2.25. The Kier molecular flexibility index (Phi) is 4.68. The van der Waals surface area contributed by atoms with Crippen molar-refractivity contribution in [3.8, 4) is 0 Å². The molecule has 0 spiro atoms. The highest BCUT2D eigenvalue weighted by molar-refractivity contribution is 5.70. The van der Waals surface area contributed by atoms with E-state index in [-0.39, 0.29) is 5.92 Å². The molecular weight excluding hydrogens is 246 g/mol. The zero-order chi connectivity index (χ0) is 13.7. The van der Waals surface area contributed by atoms with Crippen molar-refractivity contribution >= 4 is 11.8 Å². The minimum atomic E-state index is -0.695. The molecule has 6 heteroatoms. The maximum Gasteiger partial charge on any atom is 0.306 e. The Bertz CT molecular complexity index is 431. The van der Waals surface area contributed by atoms with E-state index in [1.165, 1.54) is 6.33 Å². The summed E-state index contributed by atoms with van der Waals surface area (Å²) in [6.45, 7) is 4.53. The minimum absolute atomic E-state index is 0.221. The summed E-state index contributed by atoms with van der Waals surface area (Å²) in [6, 6.07) is 1.91. The summed E-state index contributed by atoms with van der Waals surface area (Å²) >= 11 is 0. The van der Waals surface area contributed by atoms with Gasteiger partial charge in [0.2, 0.25) is 0 Å². The van der Waals surface area contributed by atoms with Gasteiger partial charge in [-0.1, -0.05) is 0 Å². The van der Waals surface area contributed by atoms with Crippen LogP contribution in [0.1, 0.15) is 25.5 Å². The van der Waals surface area contributed by atoms with Gasteiger partial charge in [-0.3, -0.25) is 4.79 Å². The number of nitrogens with zero attached hydrogens (tertiary/aromatic N) is 3. The SMILES string of the molecule is CCOCc1cc(N2CCC(C(=O)O)CC2)ncn1. The fourth-order valence-electron chi connectivity index (χ4n) is 2.20. The van der Waals surface area contributed by atoms with Crippen molar-refractivity contribution in [1.82, 2.24) is 9.97 Å². The third kappa shape index (κ3) is 3.64. The van der Waals surface area contributed by atoms with Gasteiger partial charge < -0.3 is 14.7 Å². The molecule has 1 fully saturated rings. The Morgan fingerprint density at radius 1 is 1.47 bits per heavy atom. The maximum atomic E-state index is 10.9. The lowest BCUT2D eigenvalue weighted by molar-refractivity contribution is -0.142. The predicted molar refractivity (Wildman–Crippen MR) is 69.9 cm³/mol. The molecule has 19 heavy (non-hydrogen) atoms. The Hall–Kier alpha value is -1.69. The first-order valence-electron chi connectivity index (χ1n) is 6.57. The van der Waals surface area contributed by atoms with Crippen LogP contribution in [0.25, 0.3) is 0 Å². The second-order valence-corrected chi connectivity index (χ2v) is 4.60. The fourth-order valence-corrected chi connectivity index (χ4v) is 2.20. The van der Waals surface area contributed by atoms with Gasteiger partial charge in [-0.05, 0) is 19.8 Å². The number of hydrogen-bond acceptors (Lipinski definition) is 5. The van der Waals surface area contributed by atoms with E-state index in [2.05, 4.69) is 14.9 Å². The van der Waals surface area contributed by atoms with Gasteiger partial charge in [0.25, 0.3) is 0 Å². The Labute approximate surface area is 112 Å². The monoisotopic (exact) mass is 265 g/mol. The molecule has 1 aliphatic rings. The van der Waals surface area contributed by atoms with Crippen LogP contribution in [-0.4, -0.2) is 40.7 Å². The number of anilines is 1. The number of piperidine rings is 1. The van der Waals surface area contributed by atoms with Crippen LogP contribution in [0, 0.1) is 5.92 Å². The molecule has 0 saturated carbocycles. The summed E-state index contributed by atoms with van der Waals surface area (Å²) in [5.74, 6) is -0.0612. The van der Waals surface area contributed by atoms with Crippen LogP contribution >= 0.6 is 0 Å². The third-order valence-electron chi connectivity index (χ3n) is 3.33. The summed E-state index contributed by atoms with van der Waals surface area (Å²) in [6.07, 6.45) is 2.87. The lowest BCUT2D eigenvalue weighted by Gasteiger charge is -2.31. The quantitative estimate of drug-likeness (QED) is 0.865. The van der Waals surface area contributed by atoms with Crippen LogP contribution in [0.4, 0.5) is 5.82 Å². The standard InChI is InChI=1S/C13H19N3O3/c1-2-19-8-11-7-12(15-9-14-11)16-5-3-10(4-6-16)13(17)18/h7,9-10H,2-6,8H2,1H3,(H,17,18). The molecule has 0 aliphatic carbocycles. The molecule has 2 rings (SSSR count). The molecule has 0 amide bonds. The first-order valence-corrected chi connectivity index (χ1v) is 6.57. The maximum absolute atomic E-state index is 10.9. The van der Waals surface area contributed by atoms with Crippen molar-refractivity contribution in [1.29, 1.82) is 0 Å². The van der Waals surface area contributed by atoms with Crippen LogP contribution in [0.3, 0.4) is 0 Å². The highest BCUT2D eigenvalue weighted by Crippen LogP contribution is 2.22. The van der Waals surface area contributed by atoms with Crippen molar-refractivity contribution in [2.45, 2.75) is 26.4 Å². The lowest BCUT2D eigenvalue weighted by Crippen LogP contribution is -2.36. The molecule has 0 aromatic carbocycles. The van der Waals surface area contributed by atoms with Gasteiger partial charge in [0, 0.05) is 25.8 Å². The molecular formula is C13H19N3O3. The third-order valence-corrected chi connectivity index (χ3v) is 3.33. The van der Waals surface area contributed by atoms with Gasteiger partial charge in [0.05, 0.1) is 18.2 Å². The zero-order valence-electron chi connectivity index (χ0n) is 11.1. The van der Waals surface area contributed by atoms with Crippen molar-refractivity contribution in [2.75, 3.05) is 24.6 Å². The molecule has 1 saturated heterocycles. The van der Waals surface area contributed by atoms with Crippen LogP contribution in [0.2, 0.25) is 0 Å². The fraction of sp³-hybridized carbons (Fsp3) is 0.615. The van der Waals surface area contributed by atoms with Gasteiger partial charge in [0.15, 0.2) is 0 Å². The number of aromatic nitrogens is 2. The zero-order valence-corrected chi connectivity index (χ0v) is 11.1. The molecule has 1 aromatic rings. The summed E-state index contributed by atoms with van der Waals surface area (Å²) < 4.78 is 5.32. The molecule has 1 aliphatic heterocycles. The van der Waals surface area contributed by atoms with Crippen LogP contribution in [-0.2, 0) is 16.1 Å². The number of carboxylic acids is 1. The average molecular weight is 265 g/mol.